The molecule has 17 heavy (non-hydrogen) atoms. The molecule has 0 radical (unpaired) electrons. The van der Waals surface area contributed by atoms with Gasteiger partial charge in [0, 0.05) is 12.2 Å². The molecule has 1 rings (SSSR count). The number of benzene rings is 1. The van der Waals surface area contributed by atoms with Crippen LogP contribution in [0.3, 0.4) is 0 Å². The summed E-state index contributed by atoms with van der Waals surface area (Å²) in [6, 6.07) is 4.37. The van der Waals surface area contributed by atoms with Crippen molar-refractivity contribution in [2.75, 3.05) is 12.3 Å². The van der Waals surface area contributed by atoms with E-state index in [0.717, 1.165) is 12.8 Å². The Kier molecular flexibility index (Phi) is 4.82. The normalized spacial score (nSPS) is 10.5. The average Bonchev–Trinajstić information content (AvgIpc) is 2.27. The summed E-state index contributed by atoms with van der Waals surface area (Å²) in [4.78, 5) is 11.8. The van der Waals surface area contributed by atoms with Gasteiger partial charge in [-0.1, -0.05) is 13.8 Å². The molecule has 0 saturated carbocycles. The predicted molar refractivity (Wildman–Crippen MR) is 68.9 cm³/mol. The highest BCUT2D eigenvalue weighted by Crippen LogP contribution is 2.18. The second kappa shape index (κ2) is 6.13. The number of carbonyl (C=O) groups excluding carboxylic acids is 1. The molecule has 0 spiro atoms. The maximum atomic E-state index is 11.8. The van der Waals surface area contributed by atoms with Gasteiger partial charge in [-0.15, -0.1) is 0 Å². The van der Waals surface area contributed by atoms with E-state index >= 15 is 0 Å². The zero-order chi connectivity index (χ0) is 12.8. The maximum absolute atomic E-state index is 11.8. The van der Waals surface area contributed by atoms with E-state index in [1.807, 2.05) is 0 Å². The molecule has 0 bridgehead atoms. The summed E-state index contributed by atoms with van der Waals surface area (Å²) in [6.45, 7) is 4.93. The fourth-order valence-corrected chi connectivity index (χ4v) is 1.55. The number of phenols is 1. The van der Waals surface area contributed by atoms with Gasteiger partial charge in [0.2, 0.25) is 0 Å². The molecule has 1 aromatic carbocycles. The highest BCUT2D eigenvalue weighted by atomic mass is 16.3. The molecular weight excluding hydrogens is 216 g/mol. The quantitative estimate of drug-likeness (QED) is 0.416. The van der Waals surface area contributed by atoms with Crippen molar-refractivity contribution in [3.8, 4) is 5.75 Å². The van der Waals surface area contributed by atoms with Gasteiger partial charge >= 0.3 is 0 Å². The van der Waals surface area contributed by atoms with E-state index in [4.69, 9.17) is 5.73 Å². The number of nitrogens with two attached hydrogens (primary N) is 1. The number of hydrogen-bond acceptors (Lipinski definition) is 3. The van der Waals surface area contributed by atoms with Gasteiger partial charge in [0.1, 0.15) is 5.75 Å². The second-order valence-corrected chi connectivity index (χ2v) is 4.56. The first kappa shape index (κ1) is 13.4. The Morgan fingerprint density at radius 1 is 1.47 bits per heavy atom. The minimum Gasteiger partial charge on any atom is -0.508 e. The van der Waals surface area contributed by atoms with Crippen molar-refractivity contribution in [3.63, 3.8) is 0 Å². The van der Waals surface area contributed by atoms with Crippen molar-refractivity contribution in [1.82, 2.24) is 5.32 Å². The number of hydrogen-bond donors (Lipinski definition) is 3. The Morgan fingerprint density at radius 3 is 2.82 bits per heavy atom. The SMILES string of the molecule is CC(C)CCCNC(=O)c1cc(O)ccc1N. The minimum atomic E-state index is -0.234. The van der Waals surface area contributed by atoms with E-state index in [0.29, 0.717) is 23.7 Å². The minimum absolute atomic E-state index is 0.0477. The Balaban J connectivity index is 2.49. The van der Waals surface area contributed by atoms with Crippen molar-refractivity contribution < 1.29 is 9.90 Å². The molecule has 4 nitrogen and oxygen atoms in total. The molecule has 0 unspecified atom stereocenters. The molecule has 0 heterocycles. The highest BCUT2D eigenvalue weighted by molar-refractivity contribution is 5.99. The summed E-state index contributed by atoms with van der Waals surface area (Å²) in [5.74, 6) is 0.450. The van der Waals surface area contributed by atoms with Crippen LogP contribution in [-0.2, 0) is 0 Å². The molecule has 0 aliphatic carbocycles. The van der Waals surface area contributed by atoms with Crippen LogP contribution in [0, 0.1) is 5.92 Å². The largest absolute Gasteiger partial charge is 0.508 e. The Hall–Kier alpha value is -1.71. The van der Waals surface area contributed by atoms with Crippen LogP contribution in [0.5, 0.6) is 5.75 Å². The molecule has 0 fully saturated rings. The summed E-state index contributed by atoms with van der Waals surface area (Å²) in [5.41, 5.74) is 6.38. The van der Waals surface area contributed by atoms with Gasteiger partial charge in [-0.25, -0.2) is 0 Å². The van der Waals surface area contributed by atoms with Crippen LogP contribution < -0.4 is 11.1 Å². The van der Waals surface area contributed by atoms with E-state index in [1.54, 1.807) is 0 Å². The predicted octanol–water partition coefficient (Wildman–Crippen LogP) is 2.14. The highest BCUT2D eigenvalue weighted by Gasteiger charge is 2.09. The van der Waals surface area contributed by atoms with Crippen molar-refractivity contribution in [3.05, 3.63) is 23.8 Å². The van der Waals surface area contributed by atoms with Crippen molar-refractivity contribution >= 4 is 11.6 Å². The zero-order valence-corrected chi connectivity index (χ0v) is 10.4. The lowest BCUT2D eigenvalue weighted by Crippen LogP contribution is -2.25. The number of anilines is 1. The second-order valence-electron chi connectivity index (χ2n) is 4.56. The smallest absolute Gasteiger partial charge is 0.253 e. The van der Waals surface area contributed by atoms with Crippen LogP contribution in [0.15, 0.2) is 18.2 Å². The third-order valence-electron chi connectivity index (χ3n) is 2.53. The molecule has 0 aromatic heterocycles. The molecule has 0 saturated heterocycles. The number of nitrogen functional groups attached to an aromatic ring is 1. The van der Waals surface area contributed by atoms with E-state index in [1.165, 1.54) is 18.2 Å². The molecule has 4 N–H and O–H groups in total. The Labute approximate surface area is 102 Å². The lowest BCUT2D eigenvalue weighted by atomic mass is 10.1. The van der Waals surface area contributed by atoms with Gasteiger partial charge in [-0.2, -0.15) is 0 Å². The number of rotatable bonds is 5. The number of aromatic hydroxyl groups is 1. The maximum Gasteiger partial charge on any atom is 0.253 e. The van der Waals surface area contributed by atoms with E-state index < -0.39 is 0 Å². The summed E-state index contributed by atoms with van der Waals surface area (Å²) >= 11 is 0. The lowest BCUT2D eigenvalue weighted by molar-refractivity contribution is 0.0953. The molecule has 0 aliphatic rings. The van der Waals surface area contributed by atoms with Gasteiger partial charge in [0.15, 0.2) is 0 Å². The number of nitrogens with one attached hydrogen (secondary N) is 1. The fraction of sp³-hybridized carbons (Fsp3) is 0.462. The topological polar surface area (TPSA) is 75.3 Å². The van der Waals surface area contributed by atoms with Gasteiger partial charge in [-0.3, -0.25) is 4.79 Å². The summed E-state index contributed by atoms with van der Waals surface area (Å²) in [5, 5.41) is 12.1. The first-order chi connectivity index (χ1) is 8.00. The van der Waals surface area contributed by atoms with Crippen LogP contribution in [-0.4, -0.2) is 17.6 Å². The molecule has 1 amide bonds. The molecule has 4 heteroatoms. The van der Waals surface area contributed by atoms with E-state index in [-0.39, 0.29) is 11.7 Å². The summed E-state index contributed by atoms with van der Waals surface area (Å²) in [7, 11) is 0. The Morgan fingerprint density at radius 2 is 2.18 bits per heavy atom. The van der Waals surface area contributed by atoms with E-state index in [2.05, 4.69) is 19.2 Å². The monoisotopic (exact) mass is 236 g/mol. The standard InChI is InChI=1S/C13H20N2O2/c1-9(2)4-3-7-15-13(17)11-8-10(16)5-6-12(11)14/h5-6,8-9,16H,3-4,7,14H2,1-2H3,(H,15,17). The number of phenolic OH excluding ortho intramolecular Hbond substituents is 1. The average molecular weight is 236 g/mol. The van der Waals surface area contributed by atoms with Crippen LogP contribution in [0.25, 0.3) is 0 Å². The first-order valence-corrected chi connectivity index (χ1v) is 5.87. The molecule has 0 aliphatic heterocycles. The van der Waals surface area contributed by atoms with Crippen molar-refractivity contribution in [2.45, 2.75) is 26.7 Å². The van der Waals surface area contributed by atoms with Crippen molar-refractivity contribution in [1.29, 1.82) is 0 Å². The number of carbonyl (C=O) groups is 1. The third-order valence-corrected chi connectivity index (χ3v) is 2.53. The van der Waals surface area contributed by atoms with Gasteiger partial charge in [0.25, 0.3) is 5.91 Å². The van der Waals surface area contributed by atoms with Crippen LogP contribution >= 0.6 is 0 Å². The molecule has 94 valence electrons. The van der Waals surface area contributed by atoms with Gasteiger partial charge in [-0.05, 0) is 37.0 Å². The van der Waals surface area contributed by atoms with Crippen LogP contribution in [0.1, 0.15) is 37.0 Å². The first-order valence-electron chi connectivity index (χ1n) is 5.87. The zero-order valence-electron chi connectivity index (χ0n) is 10.4. The van der Waals surface area contributed by atoms with Crippen LogP contribution in [0.2, 0.25) is 0 Å². The van der Waals surface area contributed by atoms with Gasteiger partial charge in [0.05, 0.1) is 5.56 Å². The van der Waals surface area contributed by atoms with Crippen LogP contribution in [0.4, 0.5) is 5.69 Å². The summed E-state index contributed by atoms with van der Waals surface area (Å²) in [6.07, 6.45) is 2.03. The Bertz CT molecular complexity index is 389. The molecular formula is C13H20N2O2. The summed E-state index contributed by atoms with van der Waals surface area (Å²) < 4.78 is 0. The van der Waals surface area contributed by atoms with Gasteiger partial charge < -0.3 is 16.2 Å². The molecule has 0 atom stereocenters. The molecule has 1 aromatic rings. The third kappa shape index (κ3) is 4.34. The van der Waals surface area contributed by atoms with Crippen molar-refractivity contribution in [2.24, 2.45) is 5.92 Å². The fourth-order valence-electron chi connectivity index (χ4n) is 1.55. The number of amides is 1. The lowest BCUT2D eigenvalue weighted by Gasteiger charge is -2.08. The van der Waals surface area contributed by atoms with E-state index in [9.17, 15) is 9.90 Å².